The van der Waals surface area contributed by atoms with E-state index in [0.29, 0.717) is 11.0 Å². The van der Waals surface area contributed by atoms with Crippen molar-refractivity contribution >= 4 is 26.0 Å². The lowest BCUT2D eigenvalue weighted by Crippen LogP contribution is -2.39. The van der Waals surface area contributed by atoms with E-state index in [1.807, 2.05) is 0 Å². The van der Waals surface area contributed by atoms with Crippen LogP contribution >= 0.6 is 15.9 Å². The van der Waals surface area contributed by atoms with E-state index in [-0.39, 0.29) is 17.4 Å². The van der Waals surface area contributed by atoms with Crippen LogP contribution in [0.2, 0.25) is 0 Å². The Balaban J connectivity index is 2.29. The lowest BCUT2D eigenvalue weighted by molar-refractivity contribution is 0.305. The van der Waals surface area contributed by atoms with Crippen LogP contribution in [0.1, 0.15) is 12.8 Å². The minimum atomic E-state index is -3.54. The zero-order valence-corrected chi connectivity index (χ0v) is 12.0. The lowest BCUT2D eigenvalue weighted by Gasteiger charge is -2.28. The molecule has 5 nitrogen and oxygen atoms in total. The molecule has 0 aliphatic carbocycles. The van der Waals surface area contributed by atoms with Crippen molar-refractivity contribution in [1.82, 2.24) is 9.29 Å². The first-order valence-corrected chi connectivity index (χ1v) is 7.77. The van der Waals surface area contributed by atoms with Crippen molar-refractivity contribution in [3.8, 4) is 6.07 Å². The summed E-state index contributed by atoms with van der Waals surface area (Å²) in [7, 11) is -3.54. The van der Waals surface area contributed by atoms with Crippen molar-refractivity contribution in [2.24, 2.45) is 5.92 Å². The summed E-state index contributed by atoms with van der Waals surface area (Å²) < 4.78 is 26.7. The smallest absolute Gasteiger partial charge is 0.244 e. The summed E-state index contributed by atoms with van der Waals surface area (Å²) in [4.78, 5) is 4.03. The Hall–Kier alpha value is -0.970. The van der Waals surface area contributed by atoms with Gasteiger partial charge in [-0.05, 0) is 34.8 Å². The molecular weight excluding hydrogens is 318 g/mol. The molecule has 96 valence electrons. The van der Waals surface area contributed by atoms with Gasteiger partial charge >= 0.3 is 0 Å². The van der Waals surface area contributed by atoms with Crippen molar-refractivity contribution in [2.45, 2.75) is 17.7 Å². The van der Waals surface area contributed by atoms with E-state index in [0.717, 1.165) is 12.8 Å². The maximum absolute atomic E-state index is 12.4. The molecule has 1 aromatic rings. The van der Waals surface area contributed by atoms with Gasteiger partial charge in [0, 0.05) is 30.0 Å². The minimum absolute atomic E-state index is 0.162. The molecule has 2 rings (SSSR count). The van der Waals surface area contributed by atoms with Gasteiger partial charge in [-0.25, -0.2) is 8.42 Å². The lowest BCUT2D eigenvalue weighted by atomic mass is 10.0. The number of aromatic nitrogens is 1. The molecule has 0 bridgehead atoms. The summed E-state index contributed by atoms with van der Waals surface area (Å²) in [5, 5.41) is 8.90. The van der Waals surface area contributed by atoms with Gasteiger partial charge in [-0.15, -0.1) is 0 Å². The second kappa shape index (κ2) is 5.34. The molecule has 0 N–H and O–H groups in total. The number of hydrogen-bond donors (Lipinski definition) is 0. The maximum atomic E-state index is 12.4. The number of piperidine rings is 1. The molecule has 1 aromatic heterocycles. The minimum Gasteiger partial charge on any atom is -0.262 e. The highest BCUT2D eigenvalue weighted by atomic mass is 79.9. The summed E-state index contributed by atoms with van der Waals surface area (Å²) >= 11 is 3.21. The summed E-state index contributed by atoms with van der Waals surface area (Å²) in [6.07, 6.45) is 4.35. The molecule has 0 aromatic carbocycles. The molecule has 1 aliphatic rings. The Bertz CT molecular complexity index is 582. The molecule has 0 radical (unpaired) electrons. The van der Waals surface area contributed by atoms with Gasteiger partial charge in [0.2, 0.25) is 10.0 Å². The number of sulfonamides is 1. The van der Waals surface area contributed by atoms with Gasteiger partial charge in [-0.2, -0.15) is 9.57 Å². The third-order valence-electron chi connectivity index (χ3n) is 2.88. The monoisotopic (exact) mass is 329 g/mol. The Morgan fingerprint density at radius 2 is 2.28 bits per heavy atom. The Morgan fingerprint density at radius 3 is 2.94 bits per heavy atom. The number of hydrogen-bond acceptors (Lipinski definition) is 4. The van der Waals surface area contributed by atoms with Crippen molar-refractivity contribution < 1.29 is 8.42 Å². The van der Waals surface area contributed by atoms with E-state index in [9.17, 15) is 8.42 Å². The fourth-order valence-electron chi connectivity index (χ4n) is 1.95. The fourth-order valence-corrected chi connectivity index (χ4v) is 3.98. The number of nitrogens with zero attached hydrogens (tertiary/aromatic N) is 3. The maximum Gasteiger partial charge on any atom is 0.244 e. The van der Waals surface area contributed by atoms with Crippen LogP contribution in [0.25, 0.3) is 0 Å². The molecule has 1 unspecified atom stereocenters. The van der Waals surface area contributed by atoms with E-state index in [2.05, 4.69) is 27.0 Å². The van der Waals surface area contributed by atoms with E-state index < -0.39 is 10.0 Å². The van der Waals surface area contributed by atoms with Gasteiger partial charge < -0.3 is 0 Å². The van der Waals surface area contributed by atoms with Crippen LogP contribution in [0.15, 0.2) is 27.8 Å². The molecule has 18 heavy (non-hydrogen) atoms. The van der Waals surface area contributed by atoms with Gasteiger partial charge in [0.15, 0.2) is 0 Å². The van der Waals surface area contributed by atoms with Gasteiger partial charge in [0.1, 0.15) is 4.90 Å². The molecule has 0 saturated carbocycles. The SMILES string of the molecule is N#CC1CCCN(S(=O)(=O)c2cncc(Br)c2)C1. The zero-order chi connectivity index (χ0) is 13.2. The first-order valence-electron chi connectivity index (χ1n) is 5.54. The van der Waals surface area contributed by atoms with Crippen LogP contribution < -0.4 is 0 Å². The van der Waals surface area contributed by atoms with Gasteiger partial charge in [-0.1, -0.05) is 0 Å². The predicted molar refractivity (Wildman–Crippen MR) is 69.0 cm³/mol. The van der Waals surface area contributed by atoms with E-state index in [1.165, 1.54) is 22.8 Å². The van der Waals surface area contributed by atoms with Crippen LogP contribution in [0.4, 0.5) is 0 Å². The van der Waals surface area contributed by atoms with Crippen molar-refractivity contribution in [1.29, 1.82) is 5.26 Å². The topological polar surface area (TPSA) is 74.1 Å². The average Bonchev–Trinajstić information content (AvgIpc) is 2.39. The summed E-state index contributed by atoms with van der Waals surface area (Å²) in [5.41, 5.74) is 0. The number of pyridine rings is 1. The molecule has 1 saturated heterocycles. The number of rotatable bonds is 2. The Labute approximate surface area is 115 Å². The van der Waals surface area contributed by atoms with E-state index >= 15 is 0 Å². The zero-order valence-electron chi connectivity index (χ0n) is 9.58. The molecule has 1 atom stereocenters. The van der Waals surface area contributed by atoms with E-state index in [4.69, 9.17) is 5.26 Å². The normalized spacial score (nSPS) is 21.4. The quantitative estimate of drug-likeness (QED) is 0.828. The molecule has 7 heteroatoms. The van der Waals surface area contributed by atoms with Crippen LogP contribution in [0.5, 0.6) is 0 Å². The van der Waals surface area contributed by atoms with Crippen LogP contribution in [0, 0.1) is 17.2 Å². The Morgan fingerprint density at radius 1 is 1.50 bits per heavy atom. The average molecular weight is 330 g/mol. The second-order valence-electron chi connectivity index (χ2n) is 4.17. The first-order chi connectivity index (χ1) is 8.54. The highest BCUT2D eigenvalue weighted by Gasteiger charge is 2.30. The third kappa shape index (κ3) is 2.71. The van der Waals surface area contributed by atoms with Crippen molar-refractivity contribution in [3.05, 3.63) is 22.9 Å². The molecule has 1 fully saturated rings. The van der Waals surface area contributed by atoms with Gasteiger partial charge in [-0.3, -0.25) is 4.98 Å². The van der Waals surface area contributed by atoms with Crippen molar-refractivity contribution in [3.63, 3.8) is 0 Å². The molecule has 0 spiro atoms. The van der Waals surface area contributed by atoms with Crippen LogP contribution in [-0.4, -0.2) is 30.8 Å². The fraction of sp³-hybridized carbons (Fsp3) is 0.455. The van der Waals surface area contributed by atoms with Crippen LogP contribution in [0.3, 0.4) is 0 Å². The molecule has 2 heterocycles. The molecule has 0 amide bonds. The van der Waals surface area contributed by atoms with E-state index in [1.54, 1.807) is 0 Å². The largest absolute Gasteiger partial charge is 0.262 e. The summed E-state index contributed by atoms with van der Waals surface area (Å²) in [6.45, 7) is 0.734. The standard InChI is InChI=1S/C11H12BrN3O2S/c12-10-4-11(7-14-6-10)18(16,17)15-3-1-2-9(5-13)8-15/h4,6-7,9H,1-3,8H2. The first kappa shape index (κ1) is 13.5. The molecule has 1 aliphatic heterocycles. The van der Waals surface area contributed by atoms with Gasteiger partial charge in [0.25, 0.3) is 0 Å². The number of nitriles is 1. The van der Waals surface area contributed by atoms with Gasteiger partial charge in [0.05, 0.1) is 12.0 Å². The third-order valence-corrected chi connectivity index (χ3v) is 5.15. The predicted octanol–water partition coefficient (Wildman–Crippen LogP) is 1.77. The highest BCUT2D eigenvalue weighted by molar-refractivity contribution is 9.10. The highest BCUT2D eigenvalue weighted by Crippen LogP contribution is 2.24. The summed E-state index contributed by atoms with van der Waals surface area (Å²) in [5.74, 6) is -0.214. The van der Waals surface area contributed by atoms with Crippen LogP contribution in [-0.2, 0) is 10.0 Å². The van der Waals surface area contributed by atoms with Crippen molar-refractivity contribution in [2.75, 3.05) is 13.1 Å². The second-order valence-corrected chi connectivity index (χ2v) is 7.02. The summed E-state index contributed by atoms with van der Waals surface area (Å²) in [6, 6.07) is 3.66. The molecular formula is C11H12BrN3O2S. The Kier molecular flexibility index (Phi) is 4.00. The number of halogens is 1.